The molecule has 2 unspecified atom stereocenters. The average Bonchev–Trinajstić information content (AvgIpc) is 2.39. The Bertz CT molecular complexity index is 430. The van der Waals surface area contributed by atoms with Gasteiger partial charge < -0.3 is 15.7 Å². The van der Waals surface area contributed by atoms with Crippen LogP contribution >= 0.6 is 0 Å². The van der Waals surface area contributed by atoms with Gasteiger partial charge in [-0.25, -0.2) is 0 Å². The van der Waals surface area contributed by atoms with E-state index in [0.29, 0.717) is 13.0 Å². The van der Waals surface area contributed by atoms with Crippen molar-refractivity contribution in [3.8, 4) is 0 Å². The number of aliphatic hydroxyl groups is 1. The van der Waals surface area contributed by atoms with Gasteiger partial charge in [0.1, 0.15) is 0 Å². The lowest BCUT2D eigenvalue weighted by molar-refractivity contribution is -0.134. The first-order valence-corrected chi connectivity index (χ1v) is 6.87. The summed E-state index contributed by atoms with van der Waals surface area (Å²) < 4.78 is 0. The number of anilines is 1. The van der Waals surface area contributed by atoms with Crippen LogP contribution in [0.5, 0.6) is 0 Å². The van der Waals surface area contributed by atoms with Gasteiger partial charge in [0, 0.05) is 25.2 Å². The van der Waals surface area contributed by atoms with Crippen molar-refractivity contribution in [1.82, 2.24) is 4.90 Å². The van der Waals surface area contributed by atoms with Crippen molar-refractivity contribution in [2.24, 2.45) is 0 Å². The quantitative estimate of drug-likeness (QED) is 0.815. The SMILES string of the molecule is CC(CC(=O)N1CCCC(O)C1)c1ccc(N)cc1. The van der Waals surface area contributed by atoms with E-state index >= 15 is 0 Å². The van der Waals surface area contributed by atoms with Crippen molar-refractivity contribution in [2.45, 2.75) is 38.2 Å². The predicted octanol–water partition coefficient (Wildman–Crippen LogP) is 1.75. The molecule has 0 spiro atoms. The van der Waals surface area contributed by atoms with Gasteiger partial charge in [-0.15, -0.1) is 0 Å². The van der Waals surface area contributed by atoms with Gasteiger partial charge in [-0.3, -0.25) is 4.79 Å². The van der Waals surface area contributed by atoms with Crippen molar-refractivity contribution in [1.29, 1.82) is 0 Å². The number of carbonyl (C=O) groups excluding carboxylic acids is 1. The normalized spacial score (nSPS) is 21.2. The zero-order chi connectivity index (χ0) is 13.8. The number of nitrogen functional groups attached to an aromatic ring is 1. The van der Waals surface area contributed by atoms with E-state index in [1.54, 1.807) is 4.90 Å². The zero-order valence-corrected chi connectivity index (χ0v) is 11.4. The van der Waals surface area contributed by atoms with E-state index in [1.165, 1.54) is 0 Å². The molecule has 0 radical (unpaired) electrons. The number of β-amino-alcohol motifs (C(OH)–C–C–N with tert-alkyl or cyclic N) is 1. The van der Waals surface area contributed by atoms with E-state index in [2.05, 4.69) is 0 Å². The number of nitrogens with two attached hydrogens (primary N) is 1. The van der Waals surface area contributed by atoms with Gasteiger partial charge in [0.2, 0.25) is 5.91 Å². The highest BCUT2D eigenvalue weighted by Crippen LogP contribution is 2.22. The molecule has 4 heteroatoms. The summed E-state index contributed by atoms with van der Waals surface area (Å²) in [5.41, 5.74) is 7.52. The molecule has 104 valence electrons. The third-order valence-corrected chi connectivity index (χ3v) is 3.74. The van der Waals surface area contributed by atoms with E-state index in [0.717, 1.165) is 30.6 Å². The van der Waals surface area contributed by atoms with Crippen LogP contribution in [0, 0.1) is 0 Å². The first-order valence-electron chi connectivity index (χ1n) is 6.87. The summed E-state index contributed by atoms with van der Waals surface area (Å²) in [6, 6.07) is 7.67. The lowest BCUT2D eigenvalue weighted by Gasteiger charge is -2.31. The molecule has 0 aliphatic carbocycles. The molecular formula is C15H22N2O2. The number of likely N-dealkylation sites (tertiary alicyclic amines) is 1. The molecule has 19 heavy (non-hydrogen) atoms. The molecule has 2 rings (SSSR count). The summed E-state index contributed by atoms with van der Waals surface area (Å²) in [7, 11) is 0. The molecule has 0 saturated carbocycles. The molecule has 1 aromatic carbocycles. The maximum absolute atomic E-state index is 12.2. The molecule has 3 N–H and O–H groups in total. The summed E-state index contributed by atoms with van der Waals surface area (Å²) >= 11 is 0. The zero-order valence-electron chi connectivity index (χ0n) is 11.4. The Morgan fingerprint density at radius 3 is 2.79 bits per heavy atom. The van der Waals surface area contributed by atoms with E-state index in [-0.39, 0.29) is 17.9 Å². The lowest BCUT2D eigenvalue weighted by Crippen LogP contribution is -2.42. The molecule has 1 aromatic rings. The molecule has 4 nitrogen and oxygen atoms in total. The Morgan fingerprint density at radius 1 is 1.47 bits per heavy atom. The smallest absolute Gasteiger partial charge is 0.223 e. The second kappa shape index (κ2) is 6.06. The van der Waals surface area contributed by atoms with Crippen LogP contribution in [-0.4, -0.2) is 35.1 Å². The second-order valence-corrected chi connectivity index (χ2v) is 5.41. The Hall–Kier alpha value is -1.55. The number of piperidine rings is 1. The fraction of sp³-hybridized carbons (Fsp3) is 0.533. The van der Waals surface area contributed by atoms with Gasteiger partial charge in [-0.2, -0.15) is 0 Å². The van der Waals surface area contributed by atoms with Crippen LogP contribution in [0.3, 0.4) is 0 Å². The maximum Gasteiger partial charge on any atom is 0.223 e. The second-order valence-electron chi connectivity index (χ2n) is 5.41. The summed E-state index contributed by atoms with van der Waals surface area (Å²) in [6.07, 6.45) is 1.82. The van der Waals surface area contributed by atoms with Crippen molar-refractivity contribution in [3.63, 3.8) is 0 Å². The summed E-state index contributed by atoms with van der Waals surface area (Å²) in [4.78, 5) is 14.0. The minimum Gasteiger partial charge on any atom is -0.399 e. The van der Waals surface area contributed by atoms with E-state index < -0.39 is 0 Å². The lowest BCUT2D eigenvalue weighted by atomic mass is 9.96. The van der Waals surface area contributed by atoms with Gasteiger partial charge in [-0.05, 0) is 36.5 Å². The van der Waals surface area contributed by atoms with Crippen LogP contribution in [-0.2, 0) is 4.79 Å². The van der Waals surface area contributed by atoms with E-state index in [9.17, 15) is 9.90 Å². The summed E-state index contributed by atoms with van der Waals surface area (Å²) in [5.74, 6) is 0.301. The predicted molar refractivity (Wildman–Crippen MR) is 75.7 cm³/mol. The van der Waals surface area contributed by atoms with Crippen LogP contribution in [0.4, 0.5) is 5.69 Å². The van der Waals surface area contributed by atoms with Crippen molar-refractivity contribution >= 4 is 11.6 Å². The number of aliphatic hydroxyl groups excluding tert-OH is 1. The molecule has 1 aliphatic heterocycles. The molecule has 1 aliphatic rings. The number of hydrogen-bond donors (Lipinski definition) is 2. The summed E-state index contributed by atoms with van der Waals surface area (Å²) in [6.45, 7) is 3.29. The number of carbonyl (C=O) groups is 1. The maximum atomic E-state index is 12.2. The Morgan fingerprint density at radius 2 is 2.16 bits per heavy atom. The van der Waals surface area contributed by atoms with Crippen LogP contribution in [0.1, 0.15) is 37.7 Å². The Labute approximate surface area is 114 Å². The van der Waals surface area contributed by atoms with Gasteiger partial charge in [-0.1, -0.05) is 19.1 Å². The molecule has 0 bridgehead atoms. The Balaban J connectivity index is 1.92. The third kappa shape index (κ3) is 3.70. The molecule has 0 aromatic heterocycles. The van der Waals surface area contributed by atoms with E-state index in [4.69, 9.17) is 5.73 Å². The van der Waals surface area contributed by atoms with Crippen LogP contribution in [0.15, 0.2) is 24.3 Å². The molecule has 1 saturated heterocycles. The monoisotopic (exact) mass is 262 g/mol. The van der Waals surface area contributed by atoms with E-state index in [1.807, 2.05) is 31.2 Å². The van der Waals surface area contributed by atoms with Crippen molar-refractivity contribution < 1.29 is 9.90 Å². The molecular weight excluding hydrogens is 240 g/mol. The molecule has 1 heterocycles. The third-order valence-electron chi connectivity index (χ3n) is 3.74. The van der Waals surface area contributed by atoms with Crippen molar-refractivity contribution in [3.05, 3.63) is 29.8 Å². The summed E-state index contributed by atoms with van der Waals surface area (Å²) in [5, 5.41) is 9.60. The first kappa shape index (κ1) is 13.9. The number of nitrogens with zero attached hydrogens (tertiary/aromatic N) is 1. The van der Waals surface area contributed by atoms with Gasteiger partial charge >= 0.3 is 0 Å². The number of hydrogen-bond acceptors (Lipinski definition) is 3. The molecule has 2 atom stereocenters. The fourth-order valence-electron chi connectivity index (χ4n) is 2.51. The van der Waals surface area contributed by atoms with Crippen LogP contribution in [0.2, 0.25) is 0 Å². The first-order chi connectivity index (χ1) is 9.06. The average molecular weight is 262 g/mol. The highest BCUT2D eigenvalue weighted by molar-refractivity contribution is 5.77. The number of rotatable bonds is 3. The number of benzene rings is 1. The Kier molecular flexibility index (Phi) is 4.43. The van der Waals surface area contributed by atoms with Gasteiger partial charge in [0.15, 0.2) is 0 Å². The van der Waals surface area contributed by atoms with Crippen LogP contribution in [0.25, 0.3) is 0 Å². The number of amides is 1. The highest BCUT2D eigenvalue weighted by atomic mass is 16.3. The highest BCUT2D eigenvalue weighted by Gasteiger charge is 2.23. The van der Waals surface area contributed by atoms with Gasteiger partial charge in [0.25, 0.3) is 0 Å². The minimum absolute atomic E-state index is 0.128. The fourth-order valence-corrected chi connectivity index (χ4v) is 2.51. The van der Waals surface area contributed by atoms with Crippen molar-refractivity contribution in [2.75, 3.05) is 18.8 Å². The van der Waals surface area contributed by atoms with Crippen LogP contribution < -0.4 is 5.73 Å². The van der Waals surface area contributed by atoms with Gasteiger partial charge in [0.05, 0.1) is 6.10 Å². The molecule has 1 fully saturated rings. The largest absolute Gasteiger partial charge is 0.399 e. The minimum atomic E-state index is -0.357. The standard InChI is InChI=1S/C15H22N2O2/c1-11(12-4-6-13(16)7-5-12)9-15(19)17-8-2-3-14(18)10-17/h4-7,11,14,18H,2-3,8-10,16H2,1H3. The topological polar surface area (TPSA) is 66.6 Å². The molecule has 1 amide bonds.